The van der Waals surface area contributed by atoms with Crippen LogP contribution in [0.25, 0.3) is 0 Å². The van der Waals surface area contributed by atoms with Crippen LogP contribution in [0.4, 0.5) is 8.78 Å². The summed E-state index contributed by atoms with van der Waals surface area (Å²) in [6, 6.07) is 0. The van der Waals surface area contributed by atoms with Crippen molar-refractivity contribution in [2.75, 3.05) is 13.1 Å². The van der Waals surface area contributed by atoms with Gasteiger partial charge < -0.3 is 10.4 Å². The summed E-state index contributed by atoms with van der Waals surface area (Å²) in [6.45, 7) is 2.48. The third kappa shape index (κ3) is 2.39. The molecule has 0 amide bonds. The molecule has 78 valence electrons. The number of rotatable bonds is 2. The number of aliphatic hydroxyl groups is 1. The minimum absolute atomic E-state index is 0.393. The first kappa shape index (κ1) is 11.3. The molecule has 1 rings (SSSR count). The monoisotopic (exact) mass is 257 g/mol. The van der Waals surface area contributed by atoms with Gasteiger partial charge in [-0.2, -0.15) is 8.78 Å². The Hall–Kier alpha value is 0.260. The van der Waals surface area contributed by atoms with Crippen LogP contribution in [-0.4, -0.2) is 28.6 Å². The Bertz CT molecular complexity index is 175. The van der Waals surface area contributed by atoms with Crippen molar-refractivity contribution in [1.29, 1.82) is 0 Å². The third-order valence-electron chi connectivity index (χ3n) is 2.67. The molecule has 0 aromatic heterocycles. The highest BCUT2D eigenvalue weighted by molar-refractivity contribution is 9.10. The maximum atomic E-state index is 12.9. The van der Waals surface area contributed by atoms with Crippen LogP contribution in [0.15, 0.2) is 0 Å². The second-order valence-corrected chi connectivity index (χ2v) is 4.68. The maximum Gasteiger partial charge on any atom is 0.329 e. The van der Waals surface area contributed by atoms with Crippen molar-refractivity contribution >= 4 is 15.9 Å². The van der Waals surface area contributed by atoms with Crippen molar-refractivity contribution in [2.45, 2.75) is 30.2 Å². The summed E-state index contributed by atoms with van der Waals surface area (Å²) in [5.74, 6) is -0.393. The van der Waals surface area contributed by atoms with E-state index in [9.17, 15) is 13.9 Å². The Morgan fingerprint density at radius 1 is 1.54 bits per heavy atom. The van der Waals surface area contributed by atoms with E-state index in [0.717, 1.165) is 13.0 Å². The molecule has 0 aromatic carbocycles. The number of nitrogens with one attached hydrogen (secondary N) is 1. The van der Waals surface area contributed by atoms with Gasteiger partial charge in [0.25, 0.3) is 0 Å². The summed E-state index contributed by atoms with van der Waals surface area (Å²) < 4.78 is 25.8. The maximum absolute atomic E-state index is 12.9. The first-order valence-corrected chi connectivity index (χ1v) is 5.15. The van der Waals surface area contributed by atoms with Crippen molar-refractivity contribution in [3.05, 3.63) is 0 Å². The zero-order chi connectivity index (χ0) is 10.1. The molecule has 2 unspecified atom stereocenters. The van der Waals surface area contributed by atoms with E-state index >= 15 is 0 Å². The largest absolute Gasteiger partial charge is 0.383 e. The summed E-state index contributed by atoms with van der Waals surface area (Å²) in [5.41, 5.74) is -1.97. The number of hydrogen-bond donors (Lipinski definition) is 2. The lowest BCUT2D eigenvalue weighted by atomic mass is 9.84. The fourth-order valence-electron chi connectivity index (χ4n) is 1.56. The van der Waals surface area contributed by atoms with E-state index in [1.165, 1.54) is 6.92 Å². The molecule has 1 fully saturated rings. The number of alkyl halides is 3. The lowest BCUT2D eigenvalue weighted by molar-refractivity contribution is -0.141. The smallest absolute Gasteiger partial charge is 0.329 e. The average Bonchev–Trinajstić information content (AvgIpc) is 2.04. The lowest BCUT2D eigenvalue weighted by Gasteiger charge is -2.38. The van der Waals surface area contributed by atoms with Gasteiger partial charge in [0.1, 0.15) is 5.60 Å². The Morgan fingerprint density at radius 3 is 2.54 bits per heavy atom. The van der Waals surface area contributed by atoms with Gasteiger partial charge in [-0.1, -0.05) is 0 Å². The molecule has 1 aliphatic rings. The highest BCUT2D eigenvalue weighted by Gasteiger charge is 2.51. The van der Waals surface area contributed by atoms with Gasteiger partial charge in [-0.15, -0.1) is 0 Å². The Labute approximate surface area is 84.8 Å². The van der Waals surface area contributed by atoms with E-state index in [-0.39, 0.29) is 0 Å². The molecule has 0 aliphatic carbocycles. The quantitative estimate of drug-likeness (QED) is 0.739. The average molecular weight is 258 g/mol. The van der Waals surface area contributed by atoms with Gasteiger partial charge in [0, 0.05) is 12.5 Å². The van der Waals surface area contributed by atoms with Gasteiger partial charge in [-0.05, 0) is 42.2 Å². The fourth-order valence-corrected chi connectivity index (χ4v) is 1.89. The highest BCUT2D eigenvalue weighted by Crippen LogP contribution is 2.41. The second-order valence-electron chi connectivity index (χ2n) is 3.69. The van der Waals surface area contributed by atoms with E-state index in [0.29, 0.717) is 13.0 Å². The van der Waals surface area contributed by atoms with Crippen LogP contribution in [-0.2, 0) is 0 Å². The van der Waals surface area contributed by atoms with Crippen LogP contribution >= 0.6 is 15.9 Å². The molecule has 2 atom stereocenters. The van der Waals surface area contributed by atoms with Gasteiger partial charge in [-0.25, -0.2) is 0 Å². The van der Waals surface area contributed by atoms with Gasteiger partial charge in [0.2, 0.25) is 0 Å². The van der Waals surface area contributed by atoms with Crippen LogP contribution in [0.1, 0.15) is 19.8 Å². The van der Waals surface area contributed by atoms with Crippen molar-refractivity contribution in [3.63, 3.8) is 0 Å². The molecule has 0 saturated carbocycles. The SMILES string of the molecule is CC(O)(C1CCCNC1)C(F)(F)Br. The summed E-state index contributed by atoms with van der Waals surface area (Å²) >= 11 is 2.22. The molecule has 2 N–H and O–H groups in total. The van der Waals surface area contributed by atoms with E-state index in [2.05, 4.69) is 21.2 Å². The van der Waals surface area contributed by atoms with Crippen LogP contribution in [0, 0.1) is 5.92 Å². The lowest BCUT2D eigenvalue weighted by Crippen LogP contribution is -2.52. The van der Waals surface area contributed by atoms with Crippen molar-refractivity contribution < 1.29 is 13.9 Å². The van der Waals surface area contributed by atoms with E-state index in [1.807, 2.05) is 0 Å². The van der Waals surface area contributed by atoms with Gasteiger partial charge in [-0.3, -0.25) is 0 Å². The molecule has 1 aliphatic heterocycles. The number of piperidine rings is 1. The molecule has 1 heterocycles. The molecule has 2 nitrogen and oxygen atoms in total. The van der Waals surface area contributed by atoms with E-state index in [1.54, 1.807) is 0 Å². The zero-order valence-electron chi connectivity index (χ0n) is 7.49. The van der Waals surface area contributed by atoms with Crippen molar-refractivity contribution in [3.8, 4) is 0 Å². The molecule has 0 radical (unpaired) electrons. The highest BCUT2D eigenvalue weighted by atomic mass is 79.9. The van der Waals surface area contributed by atoms with E-state index < -0.39 is 16.4 Å². The second kappa shape index (κ2) is 3.79. The zero-order valence-corrected chi connectivity index (χ0v) is 9.07. The van der Waals surface area contributed by atoms with Gasteiger partial charge in [0.05, 0.1) is 0 Å². The summed E-state index contributed by atoms with van der Waals surface area (Å²) in [7, 11) is 0. The normalized spacial score (nSPS) is 29.8. The predicted octanol–water partition coefficient (Wildman–Crippen LogP) is 1.72. The van der Waals surface area contributed by atoms with Crippen molar-refractivity contribution in [2.24, 2.45) is 5.92 Å². The Balaban J connectivity index is 2.67. The van der Waals surface area contributed by atoms with E-state index in [4.69, 9.17) is 0 Å². The summed E-state index contributed by atoms with van der Waals surface area (Å²) in [4.78, 5) is -3.22. The van der Waals surface area contributed by atoms with Crippen LogP contribution in [0.5, 0.6) is 0 Å². The van der Waals surface area contributed by atoms with Crippen LogP contribution in [0.3, 0.4) is 0 Å². The summed E-state index contributed by atoms with van der Waals surface area (Å²) in [6.07, 6.45) is 1.48. The van der Waals surface area contributed by atoms with Crippen LogP contribution in [0.2, 0.25) is 0 Å². The first-order valence-electron chi connectivity index (χ1n) is 4.35. The molecular weight excluding hydrogens is 244 g/mol. The minimum atomic E-state index is -3.22. The van der Waals surface area contributed by atoms with Crippen molar-refractivity contribution in [1.82, 2.24) is 5.32 Å². The number of hydrogen-bond acceptors (Lipinski definition) is 2. The number of halogens is 3. The standard InChI is InChI=1S/C8H14BrF2NO/c1-7(13,8(9,10)11)6-3-2-4-12-5-6/h6,12-13H,2-5H2,1H3. The topological polar surface area (TPSA) is 32.3 Å². The predicted molar refractivity (Wildman–Crippen MR) is 50.1 cm³/mol. The van der Waals surface area contributed by atoms with Gasteiger partial charge >= 0.3 is 4.83 Å². The minimum Gasteiger partial charge on any atom is -0.383 e. The first-order chi connectivity index (χ1) is 5.86. The fraction of sp³-hybridized carbons (Fsp3) is 1.00. The molecule has 0 spiro atoms. The van der Waals surface area contributed by atoms with Crippen LogP contribution < -0.4 is 5.32 Å². The molecule has 5 heteroatoms. The third-order valence-corrected chi connectivity index (χ3v) is 3.47. The molecule has 13 heavy (non-hydrogen) atoms. The molecule has 0 bridgehead atoms. The summed E-state index contributed by atoms with van der Waals surface area (Å²) in [5, 5.41) is 12.6. The molecular formula is C8H14BrF2NO. The Kier molecular flexibility index (Phi) is 3.30. The Morgan fingerprint density at radius 2 is 2.15 bits per heavy atom. The van der Waals surface area contributed by atoms with Gasteiger partial charge in [0.15, 0.2) is 0 Å². The molecule has 1 saturated heterocycles. The molecule has 0 aromatic rings.